The van der Waals surface area contributed by atoms with Crippen LogP contribution < -0.4 is 9.47 Å². The molecule has 0 radical (unpaired) electrons. The molecule has 3 rings (SSSR count). The van der Waals surface area contributed by atoms with Crippen molar-refractivity contribution in [1.29, 1.82) is 0 Å². The molecule has 1 aliphatic rings. The first-order valence-corrected chi connectivity index (χ1v) is 7.73. The zero-order chi connectivity index (χ0) is 15.0. The van der Waals surface area contributed by atoms with Crippen LogP contribution in [0.5, 0.6) is 11.5 Å². The predicted octanol–water partition coefficient (Wildman–Crippen LogP) is 4.67. The van der Waals surface area contributed by atoms with Crippen molar-refractivity contribution in [1.82, 2.24) is 0 Å². The molecule has 0 saturated heterocycles. The number of fused-ring (bicyclic) bond motifs is 1. The van der Waals surface area contributed by atoms with Crippen LogP contribution >= 0.6 is 27.5 Å². The second-order valence-corrected chi connectivity index (χ2v) is 6.22. The smallest absolute Gasteiger partial charge is 0.129 e. The van der Waals surface area contributed by atoms with E-state index in [0.29, 0.717) is 22.9 Å². The predicted molar refractivity (Wildman–Crippen MR) is 85.1 cm³/mol. The molecule has 0 aromatic heterocycles. The first kappa shape index (κ1) is 14.7. The Morgan fingerprint density at radius 1 is 1.24 bits per heavy atom. The van der Waals surface area contributed by atoms with E-state index in [1.807, 2.05) is 30.3 Å². The second kappa shape index (κ2) is 5.87. The molecule has 21 heavy (non-hydrogen) atoms. The van der Waals surface area contributed by atoms with Gasteiger partial charge < -0.3 is 14.6 Å². The molecule has 0 saturated carbocycles. The summed E-state index contributed by atoms with van der Waals surface area (Å²) in [5, 5.41) is 11.0. The first-order valence-electron chi connectivity index (χ1n) is 6.56. The van der Waals surface area contributed by atoms with Gasteiger partial charge in [-0.1, -0.05) is 27.5 Å². The van der Waals surface area contributed by atoms with Crippen LogP contribution in [-0.4, -0.2) is 12.2 Å². The van der Waals surface area contributed by atoms with Crippen molar-refractivity contribution in [3.8, 4) is 11.5 Å². The molecule has 0 fully saturated rings. The number of methoxy groups -OCH3 is 1. The summed E-state index contributed by atoms with van der Waals surface area (Å²) in [5.74, 6) is 1.34. The minimum absolute atomic E-state index is 0.257. The topological polar surface area (TPSA) is 38.7 Å². The number of aliphatic hydroxyl groups excluding tert-OH is 1. The maximum Gasteiger partial charge on any atom is 0.129 e. The molecule has 0 amide bonds. The van der Waals surface area contributed by atoms with Crippen molar-refractivity contribution in [2.45, 2.75) is 18.6 Å². The van der Waals surface area contributed by atoms with E-state index >= 15 is 0 Å². The number of rotatable bonds is 2. The molecular formula is C16H14BrClO3. The maximum absolute atomic E-state index is 10.3. The molecule has 2 aromatic carbocycles. The van der Waals surface area contributed by atoms with Crippen LogP contribution in [0, 0.1) is 0 Å². The third-order valence-corrected chi connectivity index (χ3v) is 4.55. The molecule has 3 nitrogen and oxygen atoms in total. The molecule has 1 unspecified atom stereocenters. The Kier molecular flexibility index (Phi) is 4.11. The normalized spacial score (nSPS) is 20.6. The molecule has 1 N–H and O–H groups in total. The van der Waals surface area contributed by atoms with Gasteiger partial charge in [0.05, 0.1) is 13.2 Å². The fourth-order valence-corrected chi connectivity index (χ4v) is 3.18. The van der Waals surface area contributed by atoms with Crippen molar-refractivity contribution in [2.24, 2.45) is 0 Å². The van der Waals surface area contributed by atoms with Crippen molar-refractivity contribution in [3.63, 3.8) is 0 Å². The lowest BCUT2D eigenvalue weighted by Crippen LogP contribution is -2.19. The van der Waals surface area contributed by atoms with Crippen LogP contribution in [0.1, 0.15) is 29.8 Å². The Hall–Kier alpha value is -1.23. The maximum atomic E-state index is 10.3. The Morgan fingerprint density at radius 2 is 2.05 bits per heavy atom. The Labute approximate surface area is 136 Å². The van der Waals surface area contributed by atoms with Crippen molar-refractivity contribution in [2.75, 3.05) is 7.11 Å². The zero-order valence-corrected chi connectivity index (χ0v) is 13.7. The summed E-state index contributed by atoms with van der Waals surface area (Å²) in [6, 6.07) is 11.0. The van der Waals surface area contributed by atoms with E-state index in [4.69, 9.17) is 21.1 Å². The van der Waals surface area contributed by atoms with Crippen LogP contribution in [0.4, 0.5) is 0 Å². The van der Waals surface area contributed by atoms with E-state index < -0.39 is 6.10 Å². The SMILES string of the molecule is COc1ccc2c(c1)OC(c1cc(Cl)ccc1Br)C[C@H]2O. The highest BCUT2D eigenvalue weighted by Crippen LogP contribution is 2.44. The summed E-state index contributed by atoms with van der Waals surface area (Å²) in [6.07, 6.45) is -0.346. The second-order valence-electron chi connectivity index (χ2n) is 4.93. The Morgan fingerprint density at radius 3 is 2.81 bits per heavy atom. The van der Waals surface area contributed by atoms with Crippen LogP contribution in [0.25, 0.3) is 0 Å². The van der Waals surface area contributed by atoms with Crippen LogP contribution in [0.15, 0.2) is 40.9 Å². The largest absolute Gasteiger partial charge is 0.497 e. The highest BCUT2D eigenvalue weighted by Gasteiger charge is 2.29. The number of hydrogen-bond acceptors (Lipinski definition) is 3. The highest BCUT2D eigenvalue weighted by atomic mass is 79.9. The van der Waals surface area contributed by atoms with Gasteiger partial charge in [-0.3, -0.25) is 0 Å². The molecule has 5 heteroatoms. The average molecular weight is 370 g/mol. The fourth-order valence-electron chi connectivity index (χ4n) is 2.50. The molecule has 0 aliphatic carbocycles. The summed E-state index contributed by atoms with van der Waals surface area (Å²) in [4.78, 5) is 0. The lowest BCUT2D eigenvalue weighted by atomic mass is 9.95. The van der Waals surface area contributed by atoms with Gasteiger partial charge in [0.15, 0.2) is 0 Å². The van der Waals surface area contributed by atoms with Crippen LogP contribution in [0.2, 0.25) is 5.02 Å². The van der Waals surface area contributed by atoms with E-state index in [0.717, 1.165) is 15.6 Å². The molecule has 1 aliphatic heterocycles. The van der Waals surface area contributed by atoms with Gasteiger partial charge in [0.2, 0.25) is 0 Å². The first-order chi connectivity index (χ1) is 10.1. The standard InChI is InChI=1S/C16H14BrClO3/c1-20-10-3-4-11-14(19)8-16(21-15(11)7-10)12-6-9(18)2-5-13(12)17/h2-7,14,16,19H,8H2,1H3/t14-,16?/m1/s1. The Balaban J connectivity index is 1.98. The number of hydrogen-bond donors (Lipinski definition) is 1. The van der Waals surface area contributed by atoms with Gasteiger partial charge in [0.25, 0.3) is 0 Å². The number of aliphatic hydroxyl groups is 1. The van der Waals surface area contributed by atoms with Crippen LogP contribution in [0.3, 0.4) is 0 Å². The quantitative estimate of drug-likeness (QED) is 0.836. The monoisotopic (exact) mass is 368 g/mol. The summed E-state index contributed by atoms with van der Waals surface area (Å²) < 4.78 is 12.2. The molecule has 0 bridgehead atoms. The molecule has 0 spiro atoms. The van der Waals surface area contributed by atoms with Crippen LogP contribution in [-0.2, 0) is 0 Å². The van der Waals surface area contributed by atoms with Gasteiger partial charge in [0.1, 0.15) is 17.6 Å². The van der Waals surface area contributed by atoms with E-state index in [9.17, 15) is 5.11 Å². The minimum Gasteiger partial charge on any atom is -0.497 e. The third-order valence-electron chi connectivity index (χ3n) is 3.59. The molecule has 110 valence electrons. The van der Waals surface area contributed by atoms with Gasteiger partial charge in [-0.25, -0.2) is 0 Å². The molecule has 2 aromatic rings. The minimum atomic E-state index is -0.574. The van der Waals surface area contributed by atoms with E-state index in [1.54, 1.807) is 13.2 Å². The summed E-state index contributed by atoms with van der Waals surface area (Å²) in [7, 11) is 1.60. The fraction of sp³-hybridized carbons (Fsp3) is 0.250. The van der Waals surface area contributed by atoms with Gasteiger partial charge in [-0.05, 0) is 30.3 Å². The lowest BCUT2D eigenvalue weighted by Gasteiger charge is -2.30. The third kappa shape index (κ3) is 2.89. The molecular weight excluding hydrogens is 356 g/mol. The van der Waals surface area contributed by atoms with Gasteiger partial charge in [-0.15, -0.1) is 0 Å². The van der Waals surface area contributed by atoms with Crippen molar-refractivity contribution >= 4 is 27.5 Å². The van der Waals surface area contributed by atoms with Crippen molar-refractivity contribution in [3.05, 3.63) is 57.0 Å². The lowest BCUT2D eigenvalue weighted by molar-refractivity contribution is 0.0651. The highest BCUT2D eigenvalue weighted by molar-refractivity contribution is 9.10. The zero-order valence-electron chi connectivity index (χ0n) is 11.3. The summed E-state index contributed by atoms with van der Waals surface area (Å²) >= 11 is 9.57. The summed E-state index contributed by atoms with van der Waals surface area (Å²) in [6.45, 7) is 0. The van der Waals surface area contributed by atoms with Gasteiger partial charge in [0, 0.05) is 33.1 Å². The summed E-state index contributed by atoms with van der Waals surface area (Å²) in [5.41, 5.74) is 1.71. The molecule has 1 heterocycles. The Bertz CT molecular complexity index is 675. The number of halogens is 2. The molecule has 2 atom stereocenters. The van der Waals surface area contributed by atoms with E-state index in [2.05, 4.69) is 15.9 Å². The van der Waals surface area contributed by atoms with E-state index in [1.165, 1.54) is 0 Å². The number of ether oxygens (including phenoxy) is 2. The van der Waals surface area contributed by atoms with Gasteiger partial charge in [-0.2, -0.15) is 0 Å². The van der Waals surface area contributed by atoms with Gasteiger partial charge >= 0.3 is 0 Å². The van der Waals surface area contributed by atoms with E-state index in [-0.39, 0.29) is 6.10 Å². The average Bonchev–Trinajstić information content (AvgIpc) is 2.49. The van der Waals surface area contributed by atoms with Crippen molar-refractivity contribution < 1.29 is 14.6 Å². The number of benzene rings is 2.